The maximum atomic E-state index is 11.2. The second-order valence-corrected chi connectivity index (χ2v) is 9.49. The van der Waals surface area contributed by atoms with Gasteiger partial charge >= 0.3 is 5.97 Å². The highest BCUT2D eigenvalue weighted by molar-refractivity contribution is 5.84. The smallest absolute Gasteiger partial charge is 0.335 e. The Morgan fingerprint density at radius 1 is 1.22 bits per heavy atom. The van der Waals surface area contributed by atoms with E-state index < -0.39 is 43.1 Å². The minimum Gasteiger partial charge on any atom is -0.497 e. The molecule has 3 saturated heterocycles. The van der Waals surface area contributed by atoms with E-state index in [2.05, 4.69) is 22.5 Å². The van der Waals surface area contributed by atoms with Crippen molar-refractivity contribution in [2.24, 2.45) is 11.8 Å². The number of piperidine rings is 3. The predicted molar refractivity (Wildman–Crippen MR) is 134 cm³/mol. The monoisotopic (exact) mass is 520 g/mol. The van der Waals surface area contributed by atoms with E-state index in [1.54, 1.807) is 13.3 Å². The maximum Gasteiger partial charge on any atom is 0.335 e. The number of nitrogens with zero attached hydrogens (tertiary/aromatic N) is 2. The second kappa shape index (κ2) is 12.7. The van der Waals surface area contributed by atoms with E-state index in [-0.39, 0.29) is 6.04 Å². The van der Waals surface area contributed by atoms with Gasteiger partial charge in [0, 0.05) is 24.2 Å². The van der Waals surface area contributed by atoms with Crippen LogP contribution in [-0.4, -0.2) is 109 Å². The van der Waals surface area contributed by atoms with Gasteiger partial charge in [-0.25, -0.2) is 4.79 Å². The molecular weight excluding hydrogens is 484 g/mol. The SMILES string of the molecule is C=C[C@H]1CN2CC[C@H]1C[C@@H]2[C@@H](O)c1ccnc2ccc(OC)cc12.O=C(O)[C@@H](O)[C@H](O)[C@@H](O)[C@@H](O)CO. The minimum atomic E-state index is -2.20. The average Bonchev–Trinajstić information content (AvgIpc) is 2.94. The van der Waals surface area contributed by atoms with Crippen LogP contribution in [0.4, 0.5) is 0 Å². The van der Waals surface area contributed by atoms with Crippen molar-refractivity contribution in [3.05, 3.63) is 48.7 Å². The van der Waals surface area contributed by atoms with E-state index in [4.69, 9.17) is 35.4 Å². The molecule has 1 aromatic carbocycles. The standard InChI is InChI=1S/C20H24N2O2.C6H12O7/c1-3-13-12-22-9-7-14(13)10-19(22)20(23)16-6-8-21-18-5-4-15(24-2)11-17(16)18;7-1-2(8)3(9)4(10)5(11)6(12)13/h3-6,8,11,13-14,19-20,23H,1,7,9-10,12H2,2H3;2-5,7-11H,1H2,(H,12,13)/t13-,14-,19+,20-;2-,3-,4+,5-/m00/s1. The first-order valence-electron chi connectivity index (χ1n) is 12.2. The van der Waals surface area contributed by atoms with E-state index in [9.17, 15) is 9.90 Å². The first kappa shape index (κ1) is 28.9. The molecule has 37 heavy (non-hydrogen) atoms. The molecule has 2 bridgehead atoms. The Bertz CT molecular complexity index is 1070. The van der Waals surface area contributed by atoms with E-state index in [0.29, 0.717) is 11.8 Å². The number of aromatic nitrogens is 1. The Morgan fingerprint density at radius 2 is 1.95 bits per heavy atom. The van der Waals surface area contributed by atoms with Crippen molar-refractivity contribution in [1.29, 1.82) is 0 Å². The van der Waals surface area contributed by atoms with Crippen LogP contribution < -0.4 is 4.74 Å². The fourth-order valence-electron chi connectivity index (χ4n) is 5.11. The lowest BCUT2D eigenvalue weighted by Gasteiger charge is -2.50. The second-order valence-electron chi connectivity index (χ2n) is 9.49. The third kappa shape index (κ3) is 6.44. The molecule has 0 spiro atoms. The van der Waals surface area contributed by atoms with Crippen LogP contribution in [-0.2, 0) is 4.79 Å². The largest absolute Gasteiger partial charge is 0.497 e. The Hall–Kier alpha value is -2.64. The minimum absolute atomic E-state index is 0.178. The zero-order chi connectivity index (χ0) is 27.3. The van der Waals surface area contributed by atoms with Crippen LogP contribution in [0.25, 0.3) is 10.9 Å². The molecule has 0 saturated carbocycles. The van der Waals surface area contributed by atoms with Crippen molar-refractivity contribution in [3.8, 4) is 5.75 Å². The topological polar surface area (TPSA) is 184 Å². The summed E-state index contributed by atoms with van der Waals surface area (Å²) in [4.78, 5) is 16.9. The van der Waals surface area contributed by atoms with Gasteiger partial charge in [-0.2, -0.15) is 0 Å². The summed E-state index contributed by atoms with van der Waals surface area (Å²) >= 11 is 0. The quantitative estimate of drug-likeness (QED) is 0.215. The normalized spacial score (nSPS) is 26.8. The van der Waals surface area contributed by atoms with Gasteiger partial charge in [-0.1, -0.05) is 6.08 Å². The molecule has 0 amide bonds. The molecule has 0 radical (unpaired) electrons. The lowest BCUT2D eigenvalue weighted by atomic mass is 9.73. The fraction of sp³-hybridized carbons (Fsp3) is 0.538. The van der Waals surface area contributed by atoms with E-state index in [1.807, 2.05) is 24.3 Å². The lowest BCUT2D eigenvalue weighted by molar-refractivity contribution is -0.164. The molecule has 2 aromatic rings. The van der Waals surface area contributed by atoms with Gasteiger partial charge < -0.3 is 40.5 Å². The Labute approximate surface area is 214 Å². The first-order valence-corrected chi connectivity index (χ1v) is 12.2. The molecule has 11 nitrogen and oxygen atoms in total. The number of aliphatic hydroxyl groups excluding tert-OH is 6. The number of pyridine rings is 1. The molecule has 204 valence electrons. The number of hydrogen-bond donors (Lipinski definition) is 7. The van der Waals surface area contributed by atoms with Crippen LogP contribution >= 0.6 is 0 Å². The highest BCUT2D eigenvalue weighted by Crippen LogP contribution is 2.42. The van der Waals surface area contributed by atoms with Gasteiger partial charge in [0.2, 0.25) is 0 Å². The third-order valence-corrected chi connectivity index (χ3v) is 7.33. The summed E-state index contributed by atoms with van der Waals surface area (Å²) in [6, 6.07) is 7.96. The van der Waals surface area contributed by atoms with Gasteiger partial charge in [0.25, 0.3) is 0 Å². The molecule has 3 fully saturated rings. The van der Waals surface area contributed by atoms with Crippen molar-refractivity contribution in [2.45, 2.75) is 49.4 Å². The highest BCUT2D eigenvalue weighted by atomic mass is 16.5. The summed E-state index contributed by atoms with van der Waals surface area (Å²) in [5.74, 6) is 0.282. The third-order valence-electron chi connectivity index (χ3n) is 7.33. The molecule has 7 N–H and O–H groups in total. The van der Waals surface area contributed by atoms with Crippen LogP contribution in [0.15, 0.2) is 43.1 Å². The van der Waals surface area contributed by atoms with Crippen LogP contribution in [0.5, 0.6) is 5.75 Å². The van der Waals surface area contributed by atoms with E-state index in [0.717, 1.165) is 41.7 Å². The van der Waals surface area contributed by atoms with Gasteiger partial charge in [-0.05, 0) is 61.1 Å². The van der Waals surface area contributed by atoms with Gasteiger partial charge in [0.15, 0.2) is 6.10 Å². The molecule has 1 unspecified atom stereocenters. The number of fused-ring (bicyclic) bond motifs is 4. The number of carboxylic acids is 1. The predicted octanol–water partition coefficient (Wildman–Crippen LogP) is -0.320. The van der Waals surface area contributed by atoms with Gasteiger partial charge in [-0.3, -0.25) is 9.88 Å². The molecule has 3 aliphatic rings. The van der Waals surface area contributed by atoms with Crippen LogP contribution in [0.1, 0.15) is 24.5 Å². The molecule has 4 heterocycles. The van der Waals surface area contributed by atoms with Gasteiger partial charge in [-0.15, -0.1) is 6.58 Å². The zero-order valence-corrected chi connectivity index (χ0v) is 20.7. The Balaban J connectivity index is 0.000000251. The molecule has 9 atom stereocenters. The van der Waals surface area contributed by atoms with Crippen molar-refractivity contribution in [3.63, 3.8) is 0 Å². The number of aliphatic hydroxyl groups is 6. The maximum absolute atomic E-state index is 11.2. The lowest BCUT2D eigenvalue weighted by Crippen LogP contribution is -2.54. The zero-order valence-electron chi connectivity index (χ0n) is 20.7. The summed E-state index contributed by atoms with van der Waals surface area (Å²) in [6.45, 7) is 5.23. The number of carboxylic acid groups (broad SMARTS) is 1. The van der Waals surface area contributed by atoms with Gasteiger partial charge in [0.1, 0.15) is 24.1 Å². The van der Waals surface area contributed by atoms with Crippen LogP contribution in [0.3, 0.4) is 0 Å². The van der Waals surface area contributed by atoms with Crippen molar-refractivity contribution in [1.82, 2.24) is 9.88 Å². The van der Waals surface area contributed by atoms with E-state index >= 15 is 0 Å². The van der Waals surface area contributed by atoms with Crippen LogP contribution in [0.2, 0.25) is 0 Å². The van der Waals surface area contributed by atoms with Crippen molar-refractivity contribution >= 4 is 16.9 Å². The number of hydrogen-bond acceptors (Lipinski definition) is 10. The number of methoxy groups -OCH3 is 1. The number of carbonyl (C=O) groups is 1. The number of aliphatic carboxylic acids is 1. The highest BCUT2D eigenvalue weighted by Gasteiger charge is 2.42. The molecule has 0 aliphatic carbocycles. The first-order chi connectivity index (χ1) is 17.6. The molecule has 3 aliphatic heterocycles. The summed E-state index contributed by atoms with van der Waals surface area (Å²) in [6.07, 6.45) is -2.22. The summed E-state index contributed by atoms with van der Waals surface area (Å²) in [7, 11) is 1.66. The summed E-state index contributed by atoms with van der Waals surface area (Å²) in [5, 5.41) is 63.9. The molecule has 1 aromatic heterocycles. The summed E-state index contributed by atoms with van der Waals surface area (Å²) < 4.78 is 5.35. The summed E-state index contributed by atoms with van der Waals surface area (Å²) in [5.41, 5.74) is 1.85. The molecule has 11 heteroatoms. The number of benzene rings is 1. The number of rotatable bonds is 9. The number of ether oxygens (including phenoxy) is 1. The van der Waals surface area contributed by atoms with Crippen molar-refractivity contribution < 1.29 is 45.3 Å². The fourth-order valence-corrected chi connectivity index (χ4v) is 5.11. The van der Waals surface area contributed by atoms with Crippen molar-refractivity contribution in [2.75, 3.05) is 26.8 Å². The van der Waals surface area contributed by atoms with Gasteiger partial charge in [0.05, 0.1) is 25.3 Å². The molecule has 5 rings (SSSR count). The van der Waals surface area contributed by atoms with E-state index in [1.165, 1.54) is 6.42 Å². The van der Waals surface area contributed by atoms with Crippen LogP contribution in [0, 0.1) is 11.8 Å². The Morgan fingerprint density at radius 3 is 2.51 bits per heavy atom. The molecular formula is C26H36N2O9. The Kier molecular flexibility index (Phi) is 9.96. The average molecular weight is 521 g/mol.